The van der Waals surface area contributed by atoms with Crippen LogP contribution in [0.1, 0.15) is 31.8 Å². The second kappa shape index (κ2) is 11.7. The maximum Gasteiger partial charge on any atom is 0.270 e. The van der Waals surface area contributed by atoms with Crippen molar-refractivity contribution in [2.45, 2.75) is 6.42 Å². The lowest BCUT2D eigenvalue weighted by Gasteiger charge is -2.09. The zero-order valence-electron chi connectivity index (χ0n) is 19.9. The lowest BCUT2D eigenvalue weighted by molar-refractivity contribution is -0.385. The van der Waals surface area contributed by atoms with Crippen LogP contribution in [0.4, 0.5) is 22.7 Å². The van der Waals surface area contributed by atoms with Gasteiger partial charge in [0.05, 0.1) is 31.0 Å². The Morgan fingerprint density at radius 1 is 0.615 bits per heavy atom. The normalized spacial score (nSPS) is 10.5. The Labute approximate surface area is 231 Å². The predicted molar refractivity (Wildman–Crippen MR) is 148 cm³/mol. The van der Waals surface area contributed by atoms with Gasteiger partial charge in [0.15, 0.2) is 0 Å². The Hall–Kier alpha value is -4.80. The van der Waals surface area contributed by atoms with Crippen molar-refractivity contribution in [3.63, 3.8) is 0 Å². The van der Waals surface area contributed by atoms with Gasteiger partial charge in [0.2, 0.25) is 0 Å². The molecule has 0 aliphatic rings. The van der Waals surface area contributed by atoms with Crippen LogP contribution in [-0.2, 0) is 6.42 Å². The van der Waals surface area contributed by atoms with E-state index in [1.807, 2.05) is 24.3 Å². The zero-order chi connectivity index (χ0) is 28.1. The molecule has 0 aliphatic heterocycles. The molecule has 0 saturated carbocycles. The average molecular weight is 565 g/mol. The van der Waals surface area contributed by atoms with Gasteiger partial charge in [-0.15, -0.1) is 0 Å². The minimum Gasteiger partial charge on any atom is -0.322 e. The van der Waals surface area contributed by atoms with Gasteiger partial charge in [0.25, 0.3) is 23.2 Å². The number of benzene rings is 4. The van der Waals surface area contributed by atoms with Crippen LogP contribution in [0.3, 0.4) is 0 Å². The van der Waals surface area contributed by atoms with Crippen LogP contribution in [-0.4, -0.2) is 21.7 Å². The van der Waals surface area contributed by atoms with E-state index in [4.69, 9.17) is 23.2 Å². The van der Waals surface area contributed by atoms with Crippen molar-refractivity contribution in [3.05, 3.63) is 137 Å². The maximum atomic E-state index is 12.5. The maximum absolute atomic E-state index is 12.5. The monoisotopic (exact) mass is 564 g/mol. The van der Waals surface area contributed by atoms with E-state index in [0.29, 0.717) is 17.8 Å². The Morgan fingerprint density at radius 3 is 1.28 bits per heavy atom. The summed E-state index contributed by atoms with van der Waals surface area (Å²) in [6.07, 6.45) is 0.588. The predicted octanol–water partition coefficient (Wildman–Crippen LogP) is 6.91. The second-order valence-corrected chi connectivity index (χ2v) is 9.14. The van der Waals surface area contributed by atoms with E-state index < -0.39 is 21.7 Å². The van der Waals surface area contributed by atoms with Crippen LogP contribution >= 0.6 is 23.2 Å². The molecule has 10 nitrogen and oxygen atoms in total. The number of hydrogen-bond acceptors (Lipinski definition) is 6. The van der Waals surface area contributed by atoms with Gasteiger partial charge in [-0.05, 0) is 53.9 Å². The summed E-state index contributed by atoms with van der Waals surface area (Å²) in [6, 6.07) is 21.6. The zero-order valence-corrected chi connectivity index (χ0v) is 21.4. The third-order valence-electron chi connectivity index (χ3n) is 5.65. The molecule has 0 saturated heterocycles. The molecule has 0 heterocycles. The van der Waals surface area contributed by atoms with Gasteiger partial charge in [0, 0.05) is 35.6 Å². The van der Waals surface area contributed by atoms with Gasteiger partial charge in [-0.1, -0.05) is 47.5 Å². The molecule has 12 heteroatoms. The highest BCUT2D eigenvalue weighted by Crippen LogP contribution is 2.25. The minimum atomic E-state index is -0.589. The number of non-ortho nitro benzene ring substituents is 2. The molecule has 0 atom stereocenters. The van der Waals surface area contributed by atoms with Crippen LogP contribution in [0.15, 0.2) is 84.9 Å². The van der Waals surface area contributed by atoms with Crippen molar-refractivity contribution in [1.29, 1.82) is 0 Å². The van der Waals surface area contributed by atoms with E-state index in [-0.39, 0.29) is 32.5 Å². The highest BCUT2D eigenvalue weighted by atomic mass is 35.5. The molecule has 0 bridgehead atoms. The Bertz CT molecular complexity index is 1470. The van der Waals surface area contributed by atoms with Crippen molar-refractivity contribution in [2.75, 3.05) is 10.6 Å². The highest BCUT2D eigenvalue weighted by molar-refractivity contribution is 6.35. The van der Waals surface area contributed by atoms with Crippen molar-refractivity contribution < 1.29 is 19.4 Å². The molecule has 2 amide bonds. The van der Waals surface area contributed by atoms with Crippen LogP contribution in [0.2, 0.25) is 10.0 Å². The number of nitrogens with one attached hydrogen (secondary N) is 2. The molecule has 0 radical (unpaired) electrons. The van der Waals surface area contributed by atoms with Crippen LogP contribution in [0.25, 0.3) is 0 Å². The van der Waals surface area contributed by atoms with Gasteiger partial charge < -0.3 is 10.6 Å². The lowest BCUT2D eigenvalue weighted by atomic mass is 10.0. The highest BCUT2D eigenvalue weighted by Gasteiger charge is 2.16. The van der Waals surface area contributed by atoms with E-state index in [9.17, 15) is 29.8 Å². The summed E-state index contributed by atoms with van der Waals surface area (Å²) in [6.45, 7) is 0. The standard InChI is InChI=1S/C27H18Cl2N4O6/c28-24-14-20(32(36)37)9-11-22(24)26(34)30-18-5-1-16(2-6-18)13-17-3-7-19(8-4-17)31-27(35)23-12-10-21(33(38)39)15-25(23)29/h1-12,14-15H,13H2,(H,30,34)(H,31,35). The van der Waals surface area contributed by atoms with Crippen molar-refractivity contribution in [3.8, 4) is 0 Å². The molecule has 0 unspecified atom stereocenters. The number of nitro groups is 2. The minimum absolute atomic E-state index is 0.0196. The molecule has 0 fully saturated rings. The molecular formula is C27H18Cl2N4O6. The molecule has 0 aliphatic carbocycles. The first-order valence-corrected chi connectivity index (χ1v) is 12.0. The summed E-state index contributed by atoms with van der Waals surface area (Å²) in [7, 11) is 0. The van der Waals surface area contributed by atoms with Gasteiger partial charge >= 0.3 is 0 Å². The smallest absolute Gasteiger partial charge is 0.270 e. The number of hydrogen-bond donors (Lipinski definition) is 2. The summed E-state index contributed by atoms with van der Waals surface area (Å²) < 4.78 is 0. The summed E-state index contributed by atoms with van der Waals surface area (Å²) in [5.41, 5.74) is 2.83. The van der Waals surface area contributed by atoms with Crippen LogP contribution in [0, 0.1) is 20.2 Å². The van der Waals surface area contributed by atoms with Gasteiger partial charge in [-0.2, -0.15) is 0 Å². The molecule has 0 aromatic heterocycles. The number of nitrogens with zero attached hydrogens (tertiary/aromatic N) is 2. The average Bonchev–Trinajstić information content (AvgIpc) is 2.90. The summed E-state index contributed by atoms with van der Waals surface area (Å²) in [5, 5.41) is 27.1. The fraction of sp³-hybridized carbons (Fsp3) is 0.0370. The molecule has 4 aromatic rings. The third kappa shape index (κ3) is 6.75. The van der Waals surface area contributed by atoms with Crippen LogP contribution in [0.5, 0.6) is 0 Å². The quantitative estimate of drug-likeness (QED) is 0.176. The number of carbonyl (C=O) groups is 2. The van der Waals surface area contributed by atoms with E-state index in [1.165, 1.54) is 24.3 Å². The number of halogens is 2. The fourth-order valence-corrected chi connectivity index (χ4v) is 4.17. The van der Waals surface area contributed by atoms with E-state index in [0.717, 1.165) is 23.3 Å². The molecule has 0 spiro atoms. The number of nitro benzene ring substituents is 2. The topological polar surface area (TPSA) is 144 Å². The van der Waals surface area contributed by atoms with Gasteiger partial charge in [-0.25, -0.2) is 0 Å². The lowest BCUT2D eigenvalue weighted by Crippen LogP contribution is -2.12. The Morgan fingerprint density at radius 2 is 0.974 bits per heavy atom. The summed E-state index contributed by atoms with van der Waals surface area (Å²) >= 11 is 12.1. The number of rotatable bonds is 8. The Kier molecular flexibility index (Phi) is 8.18. The molecule has 4 aromatic carbocycles. The summed E-state index contributed by atoms with van der Waals surface area (Å²) in [5.74, 6) is -0.981. The van der Waals surface area contributed by atoms with E-state index in [1.54, 1.807) is 24.3 Å². The first kappa shape index (κ1) is 27.2. The molecular weight excluding hydrogens is 547 g/mol. The van der Waals surface area contributed by atoms with E-state index >= 15 is 0 Å². The van der Waals surface area contributed by atoms with Gasteiger partial charge in [0.1, 0.15) is 0 Å². The molecule has 39 heavy (non-hydrogen) atoms. The Balaban J connectivity index is 1.35. The third-order valence-corrected chi connectivity index (χ3v) is 6.27. The number of amides is 2. The van der Waals surface area contributed by atoms with Crippen LogP contribution < -0.4 is 10.6 Å². The van der Waals surface area contributed by atoms with Gasteiger partial charge in [-0.3, -0.25) is 29.8 Å². The van der Waals surface area contributed by atoms with Crippen molar-refractivity contribution >= 4 is 57.8 Å². The molecule has 2 N–H and O–H groups in total. The summed E-state index contributed by atoms with van der Waals surface area (Å²) in [4.78, 5) is 45.6. The second-order valence-electron chi connectivity index (χ2n) is 8.32. The largest absolute Gasteiger partial charge is 0.322 e. The number of carbonyl (C=O) groups excluding carboxylic acids is 2. The molecule has 196 valence electrons. The fourth-order valence-electron chi connectivity index (χ4n) is 3.65. The first-order valence-electron chi connectivity index (χ1n) is 11.3. The van der Waals surface area contributed by atoms with Crippen molar-refractivity contribution in [2.24, 2.45) is 0 Å². The number of anilines is 2. The SMILES string of the molecule is O=C(Nc1ccc(Cc2ccc(NC(=O)c3ccc([N+](=O)[O-])cc3Cl)cc2)cc1)c1ccc([N+](=O)[O-])cc1Cl. The molecule has 4 rings (SSSR count). The van der Waals surface area contributed by atoms with Crippen molar-refractivity contribution in [1.82, 2.24) is 0 Å². The van der Waals surface area contributed by atoms with E-state index in [2.05, 4.69) is 10.6 Å². The first-order chi connectivity index (χ1) is 18.6.